The molecule has 0 aliphatic carbocycles. The molecule has 21 heavy (non-hydrogen) atoms. The Bertz CT molecular complexity index is 595. The average Bonchev–Trinajstić information content (AvgIpc) is 2.46. The largest absolute Gasteiger partial charge is 0.348 e. The Morgan fingerprint density at radius 1 is 1.24 bits per heavy atom. The Hall–Kier alpha value is -1.87. The summed E-state index contributed by atoms with van der Waals surface area (Å²) in [6, 6.07) is 13.9. The molecular weight excluding hydrogens is 289 g/mol. The molecule has 2 rings (SSSR count). The van der Waals surface area contributed by atoms with Gasteiger partial charge < -0.3 is 5.32 Å². The third-order valence-electron chi connectivity index (χ3n) is 3.15. The standard InChI is InChI=1S/C17H17ClFNO/c1-12-7-14(10-15(19)8-12)17(21)20-16(11-18)9-13-5-3-2-4-6-13/h2-8,10,16H,9,11H2,1H3,(H,20,21). The highest BCUT2D eigenvalue weighted by atomic mass is 35.5. The van der Waals surface area contributed by atoms with E-state index in [-0.39, 0.29) is 11.9 Å². The van der Waals surface area contributed by atoms with Gasteiger partial charge in [0.25, 0.3) is 5.91 Å². The average molecular weight is 306 g/mol. The van der Waals surface area contributed by atoms with E-state index in [1.54, 1.807) is 13.0 Å². The summed E-state index contributed by atoms with van der Waals surface area (Å²) in [6.45, 7) is 1.75. The van der Waals surface area contributed by atoms with Gasteiger partial charge in [-0.25, -0.2) is 4.39 Å². The number of carbonyl (C=O) groups excluding carboxylic acids is 1. The van der Waals surface area contributed by atoms with Crippen molar-refractivity contribution in [2.45, 2.75) is 19.4 Å². The van der Waals surface area contributed by atoms with Gasteiger partial charge in [-0.15, -0.1) is 11.6 Å². The van der Waals surface area contributed by atoms with E-state index in [0.717, 1.165) is 5.56 Å². The van der Waals surface area contributed by atoms with Crippen LogP contribution in [0.25, 0.3) is 0 Å². The monoisotopic (exact) mass is 305 g/mol. The predicted octanol–water partition coefficient (Wildman–Crippen LogP) is 3.71. The summed E-state index contributed by atoms with van der Waals surface area (Å²) < 4.78 is 13.3. The number of benzene rings is 2. The quantitative estimate of drug-likeness (QED) is 0.838. The van der Waals surface area contributed by atoms with Gasteiger partial charge in [0.15, 0.2) is 0 Å². The predicted molar refractivity (Wildman–Crippen MR) is 83.3 cm³/mol. The van der Waals surface area contributed by atoms with Crippen LogP contribution in [0.5, 0.6) is 0 Å². The van der Waals surface area contributed by atoms with Crippen LogP contribution in [0.2, 0.25) is 0 Å². The molecule has 0 aromatic heterocycles. The van der Waals surface area contributed by atoms with Crippen LogP contribution in [0.1, 0.15) is 21.5 Å². The highest BCUT2D eigenvalue weighted by Crippen LogP contribution is 2.10. The van der Waals surface area contributed by atoms with Crippen LogP contribution >= 0.6 is 11.6 Å². The van der Waals surface area contributed by atoms with Crippen molar-refractivity contribution in [2.24, 2.45) is 0 Å². The molecule has 1 N–H and O–H groups in total. The van der Waals surface area contributed by atoms with Crippen molar-refractivity contribution in [3.05, 3.63) is 71.0 Å². The molecule has 1 atom stereocenters. The molecule has 0 bridgehead atoms. The zero-order valence-corrected chi connectivity index (χ0v) is 12.5. The zero-order chi connectivity index (χ0) is 15.2. The second-order valence-electron chi connectivity index (χ2n) is 5.03. The molecule has 0 saturated heterocycles. The van der Waals surface area contributed by atoms with E-state index in [4.69, 9.17) is 11.6 Å². The van der Waals surface area contributed by atoms with Crippen LogP contribution in [0.3, 0.4) is 0 Å². The van der Waals surface area contributed by atoms with Crippen LogP contribution < -0.4 is 5.32 Å². The Kier molecular flexibility index (Phi) is 5.34. The smallest absolute Gasteiger partial charge is 0.251 e. The third-order valence-corrected chi connectivity index (χ3v) is 3.52. The Morgan fingerprint density at radius 2 is 1.95 bits per heavy atom. The number of rotatable bonds is 5. The van der Waals surface area contributed by atoms with Gasteiger partial charge in [-0.05, 0) is 42.7 Å². The molecule has 0 heterocycles. The molecule has 0 radical (unpaired) electrons. The highest BCUT2D eigenvalue weighted by Gasteiger charge is 2.14. The Labute approximate surface area is 128 Å². The maximum absolute atomic E-state index is 13.3. The summed E-state index contributed by atoms with van der Waals surface area (Å²) in [5.74, 6) is -0.417. The lowest BCUT2D eigenvalue weighted by atomic mass is 10.1. The van der Waals surface area contributed by atoms with Crippen molar-refractivity contribution in [3.63, 3.8) is 0 Å². The van der Waals surface area contributed by atoms with Crippen LogP contribution in [0.15, 0.2) is 48.5 Å². The normalized spacial score (nSPS) is 12.0. The summed E-state index contributed by atoms with van der Waals surface area (Å²) in [6.07, 6.45) is 0.643. The van der Waals surface area contributed by atoms with Crippen molar-refractivity contribution in [1.82, 2.24) is 5.32 Å². The fraction of sp³-hybridized carbons (Fsp3) is 0.235. The molecule has 1 unspecified atom stereocenters. The highest BCUT2D eigenvalue weighted by molar-refractivity contribution is 6.18. The van der Waals surface area contributed by atoms with Gasteiger partial charge in [-0.3, -0.25) is 4.79 Å². The first-order valence-corrected chi connectivity index (χ1v) is 7.30. The summed E-state index contributed by atoms with van der Waals surface area (Å²) in [5.41, 5.74) is 2.13. The second kappa shape index (κ2) is 7.23. The molecule has 0 fully saturated rings. The van der Waals surface area contributed by atoms with Gasteiger partial charge in [-0.1, -0.05) is 30.3 Å². The Morgan fingerprint density at radius 3 is 2.57 bits per heavy atom. The first-order chi connectivity index (χ1) is 10.1. The number of amides is 1. The van der Waals surface area contributed by atoms with Crippen molar-refractivity contribution < 1.29 is 9.18 Å². The molecule has 2 aromatic rings. The topological polar surface area (TPSA) is 29.1 Å². The van der Waals surface area contributed by atoms with Gasteiger partial charge in [0.1, 0.15) is 5.82 Å². The van der Waals surface area contributed by atoms with Gasteiger partial charge in [0, 0.05) is 17.5 Å². The zero-order valence-electron chi connectivity index (χ0n) is 11.8. The number of aryl methyl sites for hydroxylation is 1. The van der Waals surface area contributed by atoms with E-state index in [9.17, 15) is 9.18 Å². The lowest BCUT2D eigenvalue weighted by Crippen LogP contribution is -2.37. The first-order valence-electron chi connectivity index (χ1n) is 6.76. The number of halogens is 2. The van der Waals surface area contributed by atoms with Crippen LogP contribution in [-0.4, -0.2) is 17.8 Å². The minimum absolute atomic E-state index is 0.190. The van der Waals surface area contributed by atoms with E-state index in [2.05, 4.69) is 5.32 Å². The summed E-state index contributed by atoms with van der Waals surface area (Å²) >= 11 is 5.92. The van der Waals surface area contributed by atoms with Crippen LogP contribution in [0.4, 0.5) is 4.39 Å². The van der Waals surface area contributed by atoms with E-state index in [1.807, 2.05) is 30.3 Å². The second-order valence-corrected chi connectivity index (χ2v) is 5.34. The number of nitrogens with one attached hydrogen (secondary N) is 1. The first kappa shape index (κ1) is 15.5. The van der Waals surface area contributed by atoms with Crippen molar-refractivity contribution in [2.75, 3.05) is 5.88 Å². The van der Waals surface area contributed by atoms with Gasteiger partial charge >= 0.3 is 0 Å². The molecule has 0 spiro atoms. The minimum Gasteiger partial charge on any atom is -0.348 e. The molecular formula is C17H17ClFNO. The summed E-state index contributed by atoms with van der Waals surface area (Å²) in [4.78, 5) is 12.2. The molecule has 0 aliphatic heterocycles. The number of hydrogen-bond acceptors (Lipinski definition) is 1. The summed E-state index contributed by atoms with van der Waals surface area (Å²) in [5, 5.41) is 2.85. The van der Waals surface area contributed by atoms with Crippen LogP contribution in [0, 0.1) is 12.7 Å². The fourth-order valence-electron chi connectivity index (χ4n) is 2.18. The lowest BCUT2D eigenvalue weighted by molar-refractivity contribution is 0.0940. The summed E-state index contributed by atoms with van der Waals surface area (Å²) in [7, 11) is 0. The third kappa shape index (κ3) is 4.57. The van der Waals surface area contributed by atoms with E-state index in [0.29, 0.717) is 23.4 Å². The van der Waals surface area contributed by atoms with Gasteiger partial charge in [-0.2, -0.15) is 0 Å². The molecule has 4 heteroatoms. The SMILES string of the molecule is Cc1cc(F)cc(C(=O)NC(CCl)Cc2ccccc2)c1. The molecule has 110 valence electrons. The maximum Gasteiger partial charge on any atom is 0.251 e. The fourth-order valence-corrected chi connectivity index (χ4v) is 2.37. The van der Waals surface area contributed by atoms with E-state index < -0.39 is 5.82 Å². The number of carbonyl (C=O) groups is 1. The Balaban J connectivity index is 2.05. The van der Waals surface area contributed by atoms with E-state index >= 15 is 0 Å². The van der Waals surface area contributed by atoms with Crippen molar-refractivity contribution >= 4 is 17.5 Å². The number of hydrogen-bond donors (Lipinski definition) is 1. The molecule has 0 saturated carbocycles. The van der Waals surface area contributed by atoms with Crippen LogP contribution in [-0.2, 0) is 6.42 Å². The van der Waals surface area contributed by atoms with Crippen molar-refractivity contribution in [3.8, 4) is 0 Å². The van der Waals surface area contributed by atoms with Gasteiger partial charge in [0.2, 0.25) is 0 Å². The molecule has 2 nitrogen and oxygen atoms in total. The number of alkyl halides is 1. The van der Waals surface area contributed by atoms with Gasteiger partial charge in [0.05, 0.1) is 0 Å². The minimum atomic E-state index is -0.411. The maximum atomic E-state index is 13.3. The molecule has 2 aromatic carbocycles. The van der Waals surface area contributed by atoms with Crippen molar-refractivity contribution in [1.29, 1.82) is 0 Å². The molecule has 0 aliphatic rings. The molecule has 1 amide bonds. The van der Waals surface area contributed by atoms with E-state index in [1.165, 1.54) is 12.1 Å². The lowest BCUT2D eigenvalue weighted by Gasteiger charge is -2.16.